The summed E-state index contributed by atoms with van der Waals surface area (Å²) in [6.45, 7) is -0.255. The molecule has 0 aliphatic carbocycles. The second-order valence-corrected chi connectivity index (χ2v) is 8.45. The van der Waals surface area contributed by atoms with E-state index in [0.29, 0.717) is 0 Å². The van der Waals surface area contributed by atoms with Gasteiger partial charge in [-0.25, -0.2) is 4.79 Å². The Morgan fingerprint density at radius 2 is 1.61 bits per heavy atom. The third kappa shape index (κ3) is 6.91. The van der Waals surface area contributed by atoms with E-state index in [-0.39, 0.29) is 23.6 Å². The lowest BCUT2D eigenvalue weighted by Crippen LogP contribution is -2.43. The van der Waals surface area contributed by atoms with Gasteiger partial charge in [0.25, 0.3) is 5.91 Å². The molecule has 0 heterocycles. The first-order chi connectivity index (χ1) is 17.3. The molecule has 0 aliphatic heterocycles. The first-order valence-electron chi connectivity index (χ1n) is 11.2. The molecule has 0 unspecified atom stereocenters. The van der Waals surface area contributed by atoms with Crippen LogP contribution in [-0.4, -0.2) is 53.9 Å². The van der Waals surface area contributed by atoms with E-state index in [1.807, 2.05) is 48.5 Å². The number of carboxylic acid groups (broad SMARTS) is 1. The van der Waals surface area contributed by atoms with Crippen molar-refractivity contribution >= 4 is 29.4 Å². The Kier molecular flexibility index (Phi) is 9.58. The highest BCUT2D eigenvalue weighted by molar-refractivity contribution is 6.33. The van der Waals surface area contributed by atoms with Crippen molar-refractivity contribution < 1.29 is 29.3 Å². The Balaban J connectivity index is 1.75. The van der Waals surface area contributed by atoms with Crippen LogP contribution >= 0.6 is 11.6 Å². The molecular formula is C27H27ClN2O6. The maximum absolute atomic E-state index is 12.7. The number of aliphatic hydroxyl groups is 1. The van der Waals surface area contributed by atoms with Crippen molar-refractivity contribution in [1.82, 2.24) is 10.6 Å². The van der Waals surface area contributed by atoms with Gasteiger partial charge in [0, 0.05) is 13.0 Å². The summed E-state index contributed by atoms with van der Waals surface area (Å²) in [5, 5.41) is 24.2. The third-order valence-electron chi connectivity index (χ3n) is 5.65. The van der Waals surface area contributed by atoms with Crippen LogP contribution in [-0.2, 0) is 27.3 Å². The van der Waals surface area contributed by atoms with Crippen molar-refractivity contribution in [2.75, 3.05) is 13.7 Å². The van der Waals surface area contributed by atoms with Gasteiger partial charge in [-0.05, 0) is 34.4 Å². The number of carbonyl (C=O) groups excluding carboxylic acids is 2. The number of benzene rings is 3. The summed E-state index contributed by atoms with van der Waals surface area (Å²) < 4.78 is 4.88. The SMILES string of the molecule is COC(=O)[C@H](Cc1ccc(-c2ccccc2CN[C@H](CO)C(=O)O)cc1)NC(=O)c1ccccc1Cl. The van der Waals surface area contributed by atoms with Gasteiger partial charge < -0.3 is 20.3 Å². The van der Waals surface area contributed by atoms with E-state index < -0.39 is 36.5 Å². The van der Waals surface area contributed by atoms with Crippen molar-refractivity contribution in [3.8, 4) is 11.1 Å². The summed E-state index contributed by atoms with van der Waals surface area (Å²) in [5.41, 5.74) is 3.72. The van der Waals surface area contributed by atoms with Gasteiger partial charge in [0.2, 0.25) is 0 Å². The number of ether oxygens (including phenoxy) is 1. The second kappa shape index (κ2) is 12.8. The van der Waals surface area contributed by atoms with E-state index in [2.05, 4.69) is 10.6 Å². The molecule has 188 valence electrons. The Hall–Kier alpha value is -3.72. The predicted molar refractivity (Wildman–Crippen MR) is 136 cm³/mol. The number of methoxy groups -OCH3 is 1. The first kappa shape index (κ1) is 26.9. The quantitative estimate of drug-likeness (QED) is 0.292. The smallest absolute Gasteiger partial charge is 0.328 e. The molecule has 0 fully saturated rings. The monoisotopic (exact) mass is 510 g/mol. The van der Waals surface area contributed by atoms with E-state index in [9.17, 15) is 19.5 Å². The number of carbonyl (C=O) groups is 3. The molecule has 1 amide bonds. The molecule has 2 atom stereocenters. The van der Waals surface area contributed by atoms with Crippen LogP contribution in [0.1, 0.15) is 21.5 Å². The van der Waals surface area contributed by atoms with Crippen LogP contribution in [0.4, 0.5) is 0 Å². The highest BCUT2D eigenvalue weighted by Gasteiger charge is 2.23. The van der Waals surface area contributed by atoms with Gasteiger partial charge in [0.1, 0.15) is 12.1 Å². The molecular weight excluding hydrogens is 484 g/mol. The van der Waals surface area contributed by atoms with Crippen LogP contribution in [0.5, 0.6) is 0 Å². The zero-order valence-corrected chi connectivity index (χ0v) is 20.4. The number of rotatable bonds is 11. The molecule has 4 N–H and O–H groups in total. The van der Waals surface area contributed by atoms with Crippen LogP contribution in [0.2, 0.25) is 5.02 Å². The average molecular weight is 511 g/mol. The predicted octanol–water partition coefficient (Wildman–Crippen LogP) is 3.06. The molecule has 0 saturated carbocycles. The van der Waals surface area contributed by atoms with E-state index in [1.165, 1.54) is 7.11 Å². The molecule has 3 aromatic carbocycles. The summed E-state index contributed by atoms with van der Waals surface area (Å²) in [6, 6.07) is 19.6. The molecule has 0 spiro atoms. The fraction of sp³-hybridized carbons (Fsp3) is 0.222. The largest absolute Gasteiger partial charge is 0.480 e. The van der Waals surface area contributed by atoms with Gasteiger partial charge in [-0.3, -0.25) is 14.9 Å². The van der Waals surface area contributed by atoms with Crippen LogP contribution in [0.3, 0.4) is 0 Å². The fourth-order valence-electron chi connectivity index (χ4n) is 3.69. The van der Waals surface area contributed by atoms with Crippen LogP contribution in [0.15, 0.2) is 72.8 Å². The number of aliphatic carboxylic acids is 1. The molecule has 8 nitrogen and oxygen atoms in total. The van der Waals surface area contributed by atoms with Gasteiger partial charge in [0.05, 0.1) is 24.3 Å². The number of hydrogen-bond acceptors (Lipinski definition) is 6. The number of esters is 1. The number of nitrogens with one attached hydrogen (secondary N) is 2. The minimum Gasteiger partial charge on any atom is -0.480 e. The van der Waals surface area contributed by atoms with Crippen molar-refractivity contribution in [2.45, 2.75) is 25.0 Å². The topological polar surface area (TPSA) is 125 Å². The lowest BCUT2D eigenvalue weighted by atomic mass is 9.97. The number of aliphatic hydroxyl groups excluding tert-OH is 1. The Morgan fingerprint density at radius 3 is 2.25 bits per heavy atom. The molecule has 3 rings (SSSR count). The van der Waals surface area contributed by atoms with Crippen LogP contribution in [0.25, 0.3) is 11.1 Å². The highest BCUT2D eigenvalue weighted by Crippen LogP contribution is 2.25. The van der Waals surface area contributed by atoms with E-state index >= 15 is 0 Å². The molecule has 0 bridgehead atoms. The Labute approximate surface area is 213 Å². The van der Waals surface area contributed by atoms with Crippen molar-refractivity contribution in [2.24, 2.45) is 0 Å². The standard InChI is InChI=1S/C27H27ClN2O6/c1-36-27(35)23(30-25(32)21-8-4-5-9-22(21)28)14-17-10-12-18(13-11-17)20-7-3-2-6-19(20)15-29-24(16-31)26(33)34/h2-13,23-24,29,31H,14-16H2,1H3,(H,30,32)(H,33,34)/t23-,24+/m0/s1. The summed E-state index contributed by atoms with van der Waals surface area (Å²) in [6.07, 6.45) is 0.211. The number of hydrogen-bond donors (Lipinski definition) is 4. The first-order valence-corrected chi connectivity index (χ1v) is 11.6. The molecule has 0 radical (unpaired) electrons. The molecule has 0 aliphatic rings. The fourth-order valence-corrected chi connectivity index (χ4v) is 3.91. The lowest BCUT2D eigenvalue weighted by molar-refractivity contribution is -0.143. The van der Waals surface area contributed by atoms with Gasteiger partial charge >= 0.3 is 11.9 Å². The van der Waals surface area contributed by atoms with Crippen molar-refractivity contribution in [3.05, 3.63) is 94.5 Å². The average Bonchev–Trinajstić information content (AvgIpc) is 2.89. The number of halogens is 1. The lowest BCUT2D eigenvalue weighted by Gasteiger charge is -2.18. The third-order valence-corrected chi connectivity index (χ3v) is 5.98. The summed E-state index contributed by atoms with van der Waals surface area (Å²) in [5.74, 6) is -2.18. The number of carboxylic acids is 1. The summed E-state index contributed by atoms with van der Waals surface area (Å²) in [7, 11) is 1.26. The second-order valence-electron chi connectivity index (χ2n) is 8.04. The van der Waals surface area contributed by atoms with Crippen LogP contribution in [0, 0.1) is 0 Å². The zero-order valence-electron chi connectivity index (χ0n) is 19.6. The van der Waals surface area contributed by atoms with Gasteiger partial charge in [-0.15, -0.1) is 0 Å². The molecule has 0 aromatic heterocycles. The summed E-state index contributed by atoms with van der Waals surface area (Å²) >= 11 is 6.11. The maximum Gasteiger partial charge on any atom is 0.328 e. The Bertz CT molecular complexity index is 1210. The molecule has 36 heavy (non-hydrogen) atoms. The van der Waals surface area contributed by atoms with Gasteiger partial charge in [-0.1, -0.05) is 72.3 Å². The van der Waals surface area contributed by atoms with E-state index in [1.54, 1.807) is 24.3 Å². The van der Waals surface area contributed by atoms with E-state index in [0.717, 1.165) is 22.3 Å². The van der Waals surface area contributed by atoms with Crippen molar-refractivity contribution in [1.29, 1.82) is 0 Å². The molecule has 9 heteroatoms. The summed E-state index contributed by atoms with van der Waals surface area (Å²) in [4.78, 5) is 36.2. The minimum atomic E-state index is -1.12. The normalized spacial score (nSPS) is 12.4. The van der Waals surface area contributed by atoms with Crippen molar-refractivity contribution in [3.63, 3.8) is 0 Å². The highest BCUT2D eigenvalue weighted by atomic mass is 35.5. The van der Waals surface area contributed by atoms with E-state index in [4.69, 9.17) is 21.4 Å². The zero-order chi connectivity index (χ0) is 26.1. The maximum atomic E-state index is 12.7. The van der Waals surface area contributed by atoms with Gasteiger partial charge in [-0.2, -0.15) is 0 Å². The minimum absolute atomic E-state index is 0.211. The molecule has 3 aromatic rings. The van der Waals surface area contributed by atoms with Gasteiger partial charge in [0.15, 0.2) is 0 Å². The number of amides is 1. The Morgan fingerprint density at radius 1 is 0.944 bits per heavy atom. The van der Waals surface area contributed by atoms with Crippen LogP contribution < -0.4 is 10.6 Å². The molecule has 0 saturated heterocycles.